The van der Waals surface area contributed by atoms with Gasteiger partial charge in [-0.3, -0.25) is 4.79 Å². The molecule has 2 aromatic rings. The number of amides is 1. The highest BCUT2D eigenvalue weighted by molar-refractivity contribution is 7.89. The van der Waals surface area contributed by atoms with E-state index in [4.69, 9.17) is 4.74 Å². The average Bonchev–Trinajstić information content (AvgIpc) is 3.45. The molecule has 4 rings (SSSR count). The van der Waals surface area contributed by atoms with Gasteiger partial charge in [-0.2, -0.15) is 4.31 Å². The van der Waals surface area contributed by atoms with E-state index in [-0.39, 0.29) is 24.2 Å². The summed E-state index contributed by atoms with van der Waals surface area (Å²) in [4.78, 5) is 25.9. The van der Waals surface area contributed by atoms with Crippen LogP contribution in [0.25, 0.3) is 11.0 Å². The van der Waals surface area contributed by atoms with Gasteiger partial charge in [0.1, 0.15) is 23.9 Å². The Kier molecular flexibility index (Phi) is 6.44. The molecule has 31 heavy (non-hydrogen) atoms. The van der Waals surface area contributed by atoms with Crippen LogP contribution in [0.5, 0.6) is 0 Å². The first-order valence-electron chi connectivity index (χ1n) is 10.7. The molecule has 0 aliphatic carbocycles. The Hall–Kier alpha value is -2.24. The average molecular weight is 451 g/mol. The second kappa shape index (κ2) is 9.09. The van der Waals surface area contributed by atoms with Crippen LogP contribution in [0.4, 0.5) is 5.82 Å². The molecule has 2 fully saturated rings. The molecule has 170 valence electrons. The zero-order valence-corrected chi connectivity index (χ0v) is 18.8. The number of aromatic nitrogens is 3. The molecule has 4 heterocycles. The van der Waals surface area contributed by atoms with Gasteiger partial charge in [-0.05, 0) is 31.2 Å². The third-order valence-electron chi connectivity index (χ3n) is 6.32. The molecule has 0 bridgehead atoms. The van der Waals surface area contributed by atoms with Gasteiger partial charge in [0.2, 0.25) is 15.9 Å². The second-order valence-corrected chi connectivity index (χ2v) is 10.4. The lowest BCUT2D eigenvalue weighted by molar-refractivity contribution is -0.129. The summed E-state index contributed by atoms with van der Waals surface area (Å²) < 4.78 is 32.8. The number of anilines is 1. The van der Waals surface area contributed by atoms with Gasteiger partial charge < -0.3 is 19.9 Å². The number of hydrogen-bond acceptors (Lipinski definition) is 7. The number of nitrogens with one attached hydrogen (secondary N) is 2. The predicted octanol–water partition coefficient (Wildman–Crippen LogP) is 0.730. The summed E-state index contributed by atoms with van der Waals surface area (Å²) in [6.45, 7) is 3.68. The summed E-state index contributed by atoms with van der Waals surface area (Å²) in [6, 6.07) is 1.91. The van der Waals surface area contributed by atoms with E-state index < -0.39 is 16.1 Å². The maximum absolute atomic E-state index is 13.0. The molecule has 2 saturated heterocycles. The third kappa shape index (κ3) is 4.68. The molecule has 10 nitrogen and oxygen atoms in total. The molecule has 0 spiro atoms. The van der Waals surface area contributed by atoms with E-state index in [0.29, 0.717) is 32.0 Å². The fraction of sp³-hybridized carbons (Fsp3) is 0.650. The van der Waals surface area contributed by atoms with E-state index in [1.54, 1.807) is 4.31 Å². The smallest absolute Gasteiger partial charge is 0.249 e. The number of aromatic amines is 1. The van der Waals surface area contributed by atoms with E-state index in [2.05, 4.69) is 32.1 Å². The van der Waals surface area contributed by atoms with Gasteiger partial charge in [0.25, 0.3) is 0 Å². The van der Waals surface area contributed by atoms with Crippen molar-refractivity contribution in [2.24, 2.45) is 5.92 Å². The molecule has 2 aliphatic heterocycles. The number of H-pyrrole nitrogens is 1. The number of carbonyl (C=O) groups is 1. The summed E-state index contributed by atoms with van der Waals surface area (Å²) >= 11 is 0. The van der Waals surface area contributed by atoms with Crippen molar-refractivity contribution < 1.29 is 17.9 Å². The quantitative estimate of drug-likeness (QED) is 0.638. The number of fused-ring (bicyclic) bond motifs is 1. The molecule has 3 unspecified atom stereocenters. The summed E-state index contributed by atoms with van der Waals surface area (Å²) in [6.07, 6.45) is 5.20. The number of carbonyl (C=O) groups excluding carboxylic acids is 1. The maximum atomic E-state index is 13.0. The van der Waals surface area contributed by atoms with Crippen molar-refractivity contribution in [2.75, 3.05) is 43.9 Å². The van der Waals surface area contributed by atoms with Crippen LogP contribution in [0.2, 0.25) is 0 Å². The van der Waals surface area contributed by atoms with Crippen LogP contribution < -0.4 is 10.2 Å². The summed E-state index contributed by atoms with van der Waals surface area (Å²) in [5, 5.41) is 3.62. The number of rotatable bonds is 7. The highest BCUT2D eigenvalue weighted by Gasteiger charge is 2.35. The zero-order valence-electron chi connectivity index (χ0n) is 18.0. The highest BCUT2D eigenvalue weighted by Crippen LogP contribution is 2.29. The van der Waals surface area contributed by atoms with Crippen molar-refractivity contribution in [3.63, 3.8) is 0 Å². The first-order valence-corrected chi connectivity index (χ1v) is 12.4. The lowest BCUT2D eigenvalue weighted by atomic mass is 9.93. The van der Waals surface area contributed by atoms with Gasteiger partial charge in [-0.15, -0.1) is 0 Å². The van der Waals surface area contributed by atoms with Gasteiger partial charge in [0.05, 0.1) is 11.1 Å². The molecular formula is C20H30N6O4S. The number of ether oxygens (including phenoxy) is 1. The van der Waals surface area contributed by atoms with E-state index in [1.807, 2.05) is 19.3 Å². The van der Waals surface area contributed by atoms with E-state index in [0.717, 1.165) is 29.7 Å². The second-order valence-electron chi connectivity index (χ2n) is 8.35. The Balaban J connectivity index is 1.40. The SMILES string of the molecule is CC1CCN(S(=O)(=O)CCNC(=O)C2CCCO2)CC1N(C)c1ncnc2[nH]ccc12. The van der Waals surface area contributed by atoms with Crippen LogP contribution in [-0.2, 0) is 19.6 Å². The Morgan fingerprint density at radius 3 is 3.00 bits per heavy atom. The largest absolute Gasteiger partial charge is 0.368 e. The van der Waals surface area contributed by atoms with Crippen LogP contribution >= 0.6 is 0 Å². The van der Waals surface area contributed by atoms with Gasteiger partial charge in [0, 0.05) is 45.5 Å². The van der Waals surface area contributed by atoms with Crippen LogP contribution in [0.1, 0.15) is 26.2 Å². The number of likely N-dealkylation sites (N-methyl/N-ethyl adjacent to an activating group) is 1. The van der Waals surface area contributed by atoms with E-state index in [1.165, 1.54) is 6.33 Å². The van der Waals surface area contributed by atoms with E-state index >= 15 is 0 Å². The first kappa shape index (κ1) is 22.0. The molecule has 2 aliphatic rings. The van der Waals surface area contributed by atoms with Crippen molar-refractivity contribution in [3.8, 4) is 0 Å². The van der Waals surface area contributed by atoms with Gasteiger partial charge in [-0.1, -0.05) is 6.92 Å². The molecule has 0 saturated carbocycles. The normalized spacial score (nSPS) is 25.0. The lowest BCUT2D eigenvalue weighted by Crippen LogP contribution is -2.53. The Bertz CT molecular complexity index is 1020. The third-order valence-corrected chi connectivity index (χ3v) is 8.16. The standard InChI is InChI=1S/C20H30N6O4S/c1-14-6-9-26(31(28,29)11-8-22-20(27)17-4-3-10-30-17)12-16(14)25(2)19-15-5-7-21-18(15)23-13-24-19/h5,7,13-14,16-17H,3-4,6,8-12H2,1-2H3,(H,22,27)(H,21,23,24). The summed E-state index contributed by atoms with van der Waals surface area (Å²) in [5.41, 5.74) is 0.756. The van der Waals surface area contributed by atoms with Crippen molar-refractivity contribution in [3.05, 3.63) is 18.6 Å². The predicted molar refractivity (Wildman–Crippen MR) is 117 cm³/mol. The van der Waals surface area contributed by atoms with Gasteiger partial charge in [0.15, 0.2) is 0 Å². The van der Waals surface area contributed by atoms with Crippen molar-refractivity contribution in [2.45, 2.75) is 38.3 Å². The van der Waals surface area contributed by atoms with E-state index in [9.17, 15) is 13.2 Å². The molecule has 2 aromatic heterocycles. The van der Waals surface area contributed by atoms with Crippen LogP contribution in [-0.4, -0.2) is 84.8 Å². The fourth-order valence-electron chi connectivity index (χ4n) is 4.40. The topological polar surface area (TPSA) is 121 Å². The Morgan fingerprint density at radius 2 is 2.23 bits per heavy atom. The number of nitrogens with zero attached hydrogens (tertiary/aromatic N) is 4. The molecular weight excluding hydrogens is 420 g/mol. The van der Waals surface area contributed by atoms with Crippen LogP contribution in [0.3, 0.4) is 0 Å². The summed E-state index contributed by atoms with van der Waals surface area (Å²) in [7, 11) is -1.54. The molecule has 0 aromatic carbocycles. The minimum atomic E-state index is -3.49. The molecule has 0 radical (unpaired) electrons. The van der Waals surface area contributed by atoms with Gasteiger partial charge >= 0.3 is 0 Å². The summed E-state index contributed by atoms with van der Waals surface area (Å²) in [5.74, 6) is 0.744. The fourth-order valence-corrected chi connectivity index (χ4v) is 5.79. The lowest BCUT2D eigenvalue weighted by Gasteiger charge is -2.41. The molecule has 2 N–H and O–H groups in total. The minimum Gasteiger partial charge on any atom is -0.368 e. The van der Waals surface area contributed by atoms with Crippen molar-refractivity contribution >= 4 is 32.8 Å². The minimum absolute atomic E-state index is 0.0157. The highest BCUT2D eigenvalue weighted by atomic mass is 32.2. The van der Waals surface area contributed by atoms with Crippen LogP contribution in [0, 0.1) is 5.92 Å². The number of sulfonamides is 1. The molecule has 11 heteroatoms. The van der Waals surface area contributed by atoms with Crippen LogP contribution in [0.15, 0.2) is 18.6 Å². The Labute approximate surface area is 182 Å². The first-order chi connectivity index (χ1) is 14.9. The number of hydrogen-bond donors (Lipinski definition) is 2. The monoisotopic (exact) mass is 450 g/mol. The molecule has 3 atom stereocenters. The molecule has 1 amide bonds. The van der Waals surface area contributed by atoms with Gasteiger partial charge in [-0.25, -0.2) is 18.4 Å². The van der Waals surface area contributed by atoms with Crippen molar-refractivity contribution in [1.82, 2.24) is 24.6 Å². The Morgan fingerprint density at radius 1 is 1.39 bits per heavy atom. The van der Waals surface area contributed by atoms with Crippen molar-refractivity contribution in [1.29, 1.82) is 0 Å². The zero-order chi connectivity index (χ0) is 22.0. The maximum Gasteiger partial charge on any atom is 0.249 e. The number of piperidine rings is 1.